The molecular weight excluding hydrogens is 335 g/mol. The SMILES string of the molecule is C=CCSc1ccccc1-c1nc2cc(C(F)(F)F)cnc2n1C. The summed E-state index contributed by atoms with van der Waals surface area (Å²) in [6.07, 6.45) is -1.80. The van der Waals surface area contributed by atoms with Gasteiger partial charge in [-0.15, -0.1) is 18.3 Å². The lowest BCUT2D eigenvalue weighted by atomic mass is 10.2. The molecule has 0 amide bonds. The predicted molar refractivity (Wildman–Crippen MR) is 89.9 cm³/mol. The molecule has 0 unspecified atom stereocenters. The molecular formula is C17H14F3N3S. The van der Waals surface area contributed by atoms with Crippen LogP contribution in [0.25, 0.3) is 22.6 Å². The highest BCUT2D eigenvalue weighted by atomic mass is 32.2. The van der Waals surface area contributed by atoms with Crippen LogP contribution in [0, 0.1) is 0 Å². The molecule has 2 heterocycles. The van der Waals surface area contributed by atoms with Crippen molar-refractivity contribution in [1.82, 2.24) is 14.5 Å². The van der Waals surface area contributed by atoms with Gasteiger partial charge < -0.3 is 4.57 Å². The molecule has 0 aliphatic carbocycles. The fraction of sp³-hybridized carbons (Fsp3) is 0.176. The van der Waals surface area contributed by atoms with Crippen LogP contribution in [0.1, 0.15) is 5.56 Å². The standard InChI is InChI=1S/C17H14F3N3S/c1-3-8-24-14-7-5-4-6-12(14)15-22-13-9-11(17(18,19)20)10-21-16(13)23(15)2/h3-7,9-10H,1,8H2,2H3. The maximum Gasteiger partial charge on any atom is 0.417 e. The van der Waals surface area contributed by atoms with Crippen LogP contribution in [0.2, 0.25) is 0 Å². The summed E-state index contributed by atoms with van der Waals surface area (Å²) in [5.41, 5.74) is 0.708. The molecule has 124 valence electrons. The molecule has 0 N–H and O–H groups in total. The van der Waals surface area contributed by atoms with Gasteiger partial charge in [0.2, 0.25) is 0 Å². The van der Waals surface area contributed by atoms with E-state index in [4.69, 9.17) is 0 Å². The van der Waals surface area contributed by atoms with Crippen molar-refractivity contribution in [3.05, 3.63) is 54.7 Å². The van der Waals surface area contributed by atoms with Gasteiger partial charge >= 0.3 is 6.18 Å². The Morgan fingerprint density at radius 1 is 1.29 bits per heavy atom. The number of thioether (sulfide) groups is 1. The molecule has 0 bridgehead atoms. The first-order valence-electron chi connectivity index (χ1n) is 7.14. The van der Waals surface area contributed by atoms with E-state index in [9.17, 15) is 13.2 Å². The van der Waals surface area contributed by atoms with E-state index in [1.807, 2.05) is 24.3 Å². The van der Waals surface area contributed by atoms with E-state index in [0.717, 1.165) is 28.5 Å². The number of alkyl halides is 3. The number of imidazole rings is 1. The van der Waals surface area contributed by atoms with Gasteiger partial charge in [0.1, 0.15) is 11.3 Å². The largest absolute Gasteiger partial charge is 0.417 e. The molecule has 0 saturated carbocycles. The fourth-order valence-electron chi connectivity index (χ4n) is 2.40. The number of nitrogens with zero attached hydrogens (tertiary/aromatic N) is 3. The lowest BCUT2D eigenvalue weighted by molar-refractivity contribution is -0.137. The average molecular weight is 349 g/mol. The van der Waals surface area contributed by atoms with Crippen molar-refractivity contribution in [2.75, 3.05) is 5.75 Å². The molecule has 24 heavy (non-hydrogen) atoms. The quantitative estimate of drug-likeness (QED) is 0.494. The van der Waals surface area contributed by atoms with E-state index in [1.165, 1.54) is 0 Å². The van der Waals surface area contributed by atoms with Gasteiger partial charge in [-0.05, 0) is 12.1 Å². The molecule has 0 radical (unpaired) electrons. The Kier molecular flexibility index (Phi) is 4.36. The van der Waals surface area contributed by atoms with E-state index in [1.54, 1.807) is 29.5 Å². The maximum absolute atomic E-state index is 12.9. The van der Waals surface area contributed by atoms with E-state index >= 15 is 0 Å². The first-order chi connectivity index (χ1) is 11.4. The first-order valence-corrected chi connectivity index (χ1v) is 8.13. The molecule has 7 heteroatoms. The zero-order valence-corrected chi connectivity index (χ0v) is 13.7. The van der Waals surface area contributed by atoms with Crippen LogP contribution in [-0.4, -0.2) is 20.3 Å². The molecule has 0 fully saturated rings. The number of aromatic nitrogens is 3. The second kappa shape index (κ2) is 6.32. The third kappa shape index (κ3) is 3.03. The van der Waals surface area contributed by atoms with Crippen LogP contribution < -0.4 is 0 Å². The number of benzene rings is 1. The number of halogens is 3. The zero-order chi connectivity index (χ0) is 17.3. The molecule has 1 aromatic carbocycles. The highest BCUT2D eigenvalue weighted by Gasteiger charge is 2.31. The predicted octanol–water partition coefficient (Wildman–Crippen LogP) is 4.93. The van der Waals surface area contributed by atoms with Crippen LogP contribution in [-0.2, 0) is 13.2 Å². The molecule has 3 nitrogen and oxygen atoms in total. The van der Waals surface area contributed by atoms with Gasteiger partial charge in [0.05, 0.1) is 5.56 Å². The summed E-state index contributed by atoms with van der Waals surface area (Å²) in [7, 11) is 1.75. The number of fused-ring (bicyclic) bond motifs is 1. The molecule has 3 rings (SSSR count). The van der Waals surface area contributed by atoms with Gasteiger partial charge in [-0.1, -0.05) is 24.3 Å². The summed E-state index contributed by atoms with van der Waals surface area (Å²) in [5.74, 6) is 1.32. The van der Waals surface area contributed by atoms with Gasteiger partial charge in [0.25, 0.3) is 0 Å². The summed E-state index contributed by atoms with van der Waals surface area (Å²) in [4.78, 5) is 9.32. The Morgan fingerprint density at radius 3 is 2.75 bits per heavy atom. The lowest BCUT2D eigenvalue weighted by Crippen LogP contribution is -2.05. The van der Waals surface area contributed by atoms with Crippen molar-refractivity contribution in [3.63, 3.8) is 0 Å². The fourth-order valence-corrected chi connectivity index (χ4v) is 3.18. The minimum Gasteiger partial charge on any atom is -0.312 e. The minimum atomic E-state index is -4.43. The number of rotatable bonds is 4. The monoisotopic (exact) mass is 349 g/mol. The maximum atomic E-state index is 12.9. The van der Waals surface area contributed by atoms with Crippen molar-refractivity contribution in [1.29, 1.82) is 0 Å². The van der Waals surface area contributed by atoms with Gasteiger partial charge in [0, 0.05) is 29.5 Å². The van der Waals surface area contributed by atoms with Crippen molar-refractivity contribution in [3.8, 4) is 11.4 Å². The first kappa shape index (κ1) is 16.6. The second-order valence-corrected chi connectivity index (χ2v) is 6.22. The molecule has 0 spiro atoms. The van der Waals surface area contributed by atoms with Crippen LogP contribution >= 0.6 is 11.8 Å². The van der Waals surface area contributed by atoms with E-state index in [0.29, 0.717) is 11.5 Å². The van der Waals surface area contributed by atoms with Crippen molar-refractivity contribution in [2.45, 2.75) is 11.1 Å². The number of hydrogen-bond acceptors (Lipinski definition) is 3. The summed E-state index contributed by atoms with van der Waals surface area (Å²) >= 11 is 1.60. The molecule has 0 saturated heterocycles. The van der Waals surface area contributed by atoms with Gasteiger partial charge in [0.15, 0.2) is 5.65 Å². The van der Waals surface area contributed by atoms with Crippen LogP contribution in [0.4, 0.5) is 13.2 Å². The zero-order valence-electron chi connectivity index (χ0n) is 12.8. The highest BCUT2D eigenvalue weighted by molar-refractivity contribution is 7.99. The Balaban J connectivity index is 2.14. The smallest absolute Gasteiger partial charge is 0.312 e. The van der Waals surface area contributed by atoms with Gasteiger partial charge in [-0.3, -0.25) is 0 Å². The molecule has 0 aliphatic heterocycles. The average Bonchev–Trinajstić information content (AvgIpc) is 2.89. The van der Waals surface area contributed by atoms with Crippen LogP contribution in [0.15, 0.2) is 54.1 Å². The Labute approximate surface area is 141 Å². The third-order valence-corrected chi connectivity index (χ3v) is 4.59. The molecule has 3 aromatic rings. The Morgan fingerprint density at radius 2 is 2.04 bits per heavy atom. The van der Waals surface area contributed by atoms with E-state index in [-0.39, 0.29) is 5.52 Å². The molecule has 2 aromatic heterocycles. The highest BCUT2D eigenvalue weighted by Crippen LogP contribution is 2.34. The Hall–Kier alpha value is -2.28. The van der Waals surface area contributed by atoms with Gasteiger partial charge in [-0.25, -0.2) is 9.97 Å². The van der Waals surface area contributed by atoms with E-state index in [2.05, 4.69) is 16.5 Å². The summed E-state index contributed by atoms with van der Waals surface area (Å²) < 4.78 is 40.3. The molecule has 0 atom stereocenters. The topological polar surface area (TPSA) is 30.7 Å². The summed E-state index contributed by atoms with van der Waals surface area (Å²) in [6.45, 7) is 3.70. The number of hydrogen-bond donors (Lipinski definition) is 0. The summed E-state index contributed by atoms with van der Waals surface area (Å²) in [5, 5.41) is 0. The van der Waals surface area contributed by atoms with Gasteiger partial charge in [-0.2, -0.15) is 13.2 Å². The second-order valence-electron chi connectivity index (χ2n) is 5.15. The van der Waals surface area contributed by atoms with Crippen molar-refractivity contribution < 1.29 is 13.2 Å². The summed E-state index contributed by atoms with van der Waals surface area (Å²) in [6, 6.07) is 8.68. The van der Waals surface area contributed by atoms with Crippen molar-refractivity contribution >= 4 is 22.9 Å². The lowest BCUT2D eigenvalue weighted by Gasteiger charge is -2.08. The normalized spacial score (nSPS) is 11.8. The van der Waals surface area contributed by atoms with E-state index < -0.39 is 11.7 Å². The van der Waals surface area contributed by atoms with Crippen LogP contribution in [0.3, 0.4) is 0 Å². The Bertz CT molecular complexity index is 900. The van der Waals surface area contributed by atoms with Crippen molar-refractivity contribution in [2.24, 2.45) is 7.05 Å². The third-order valence-electron chi connectivity index (χ3n) is 3.52. The molecule has 0 aliphatic rings. The number of aryl methyl sites for hydroxylation is 1. The number of pyridine rings is 1. The minimum absolute atomic E-state index is 0.228. The van der Waals surface area contributed by atoms with Crippen LogP contribution in [0.5, 0.6) is 0 Å².